The molecule has 1 fully saturated rings. The molecule has 1 aromatic carbocycles. The van der Waals surface area contributed by atoms with Crippen molar-refractivity contribution in [2.45, 2.75) is 61.9 Å². The van der Waals surface area contributed by atoms with Crippen LogP contribution in [0, 0.1) is 5.82 Å². The Morgan fingerprint density at radius 1 is 1.15 bits per heavy atom. The molecule has 0 saturated heterocycles. The van der Waals surface area contributed by atoms with Gasteiger partial charge in [-0.05, 0) is 43.4 Å². The highest BCUT2D eigenvalue weighted by molar-refractivity contribution is 7.99. The maximum atomic E-state index is 13.2. The first-order chi connectivity index (χ1) is 13.3. The van der Waals surface area contributed by atoms with Gasteiger partial charge in [-0.15, -0.1) is 10.2 Å². The quantitative estimate of drug-likeness (QED) is 0.624. The average Bonchev–Trinajstić information content (AvgIpc) is 3.42. The second-order valence-corrected chi connectivity index (χ2v) is 8.33. The van der Waals surface area contributed by atoms with E-state index in [9.17, 15) is 4.39 Å². The molecule has 27 heavy (non-hydrogen) atoms. The topological polar surface area (TPSA) is 59.4 Å². The molecular weight excluding hydrogens is 361 g/mol. The number of imidazole rings is 1. The number of aromatic nitrogens is 5. The normalized spacial score (nSPS) is 14.9. The molecule has 3 aromatic rings. The van der Waals surface area contributed by atoms with Crippen molar-refractivity contribution in [3.8, 4) is 0 Å². The van der Waals surface area contributed by atoms with E-state index in [-0.39, 0.29) is 5.82 Å². The molecule has 1 saturated carbocycles. The molecule has 0 atom stereocenters. The van der Waals surface area contributed by atoms with Crippen molar-refractivity contribution >= 4 is 11.8 Å². The van der Waals surface area contributed by atoms with E-state index in [0.29, 0.717) is 11.7 Å². The van der Waals surface area contributed by atoms with E-state index in [1.54, 1.807) is 6.33 Å². The highest BCUT2D eigenvalue weighted by Gasteiger charge is 2.21. The first kappa shape index (κ1) is 18.2. The lowest BCUT2D eigenvalue weighted by Crippen LogP contribution is -2.09. The van der Waals surface area contributed by atoms with Gasteiger partial charge in [0.05, 0.1) is 6.33 Å². The molecule has 142 valence electrons. The number of aryl methyl sites for hydroxylation is 1. The van der Waals surface area contributed by atoms with Gasteiger partial charge in [0.15, 0.2) is 5.16 Å². The first-order valence-electron chi connectivity index (χ1n) is 9.58. The van der Waals surface area contributed by atoms with Gasteiger partial charge in [0.25, 0.3) is 0 Å². The van der Waals surface area contributed by atoms with Crippen molar-refractivity contribution in [2.75, 3.05) is 0 Å². The Labute approximate surface area is 162 Å². The van der Waals surface area contributed by atoms with Crippen LogP contribution in [-0.4, -0.2) is 30.0 Å². The Bertz CT molecular complexity index is 838. The van der Waals surface area contributed by atoms with Crippen LogP contribution in [-0.2, 0) is 19.4 Å². The summed E-state index contributed by atoms with van der Waals surface area (Å²) in [5.74, 6) is 0.740. The Kier molecular flexibility index (Phi) is 5.87. The number of hydrogen-bond acceptors (Lipinski definition) is 4. The average molecular weight is 386 g/mol. The number of nitrogens with zero attached hydrogens (tertiary/aromatic N) is 4. The number of halogens is 1. The predicted octanol–water partition coefficient (Wildman–Crippen LogP) is 4.40. The van der Waals surface area contributed by atoms with Crippen LogP contribution >= 0.6 is 11.8 Å². The summed E-state index contributed by atoms with van der Waals surface area (Å²) < 4.78 is 15.4. The van der Waals surface area contributed by atoms with Crippen LogP contribution in [0.5, 0.6) is 0 Å². The summed E-state index contributed by atoms with van der Waals surface area (Å²) in [7, 11) is 0. The summed E-state index contributed by atoms with van der Waals surface area (Å²) in [6.07, 6.45) is 11.4. The molecule has 0 bridgehead atoms. The van der Waals surface area contributed by atoms with Crippen molar-refractivity contribution in [2.24, 2.45) is 0 Å². The van der Waals surface area contributed by atoms with E-state index in [1.807, 2.05) is 30.1 Å². The van der Waals surface area contributed by atoms with Gasteiger partial charge in [0, 0.05) is 30.1 Å². The highest BCUT2D eigenvalue weighted by atomic mass is 32.2. The zero-order valence-electron chi connectivity index (χ0n) is 15.3. The molecule has 0 radical (unpaired) electrons. The fourth-order valence-electron chi connectivity index (χ4n) is 3.55. The monoisotopic (exact) mass is 385 g/mol. The van der Waals surface area contributed by atoms with Crippen molar-refractivity contribution in [1.82, 2.24) is 24.7 Å². The van der Waals surface area contributed by atoms with Gasteiger partial charge in [-0.3, -0.25) is 0 Å². The molecular formula is C20H24FN5S. The fraction of sp³-hybridized carbons (Fsp3) is 0.450. The van der Waals surface area contributed by atoms with Crippen molar-refractivity contribution in [3.63, 3.8) is 0 Å². The molecule has 0 amide bonds. The molecule has 2 heterocycles. The number of benzene rings is 1. The van der Waals surface area contributed by atoms with E-state index < -0.39 is 0 Å². The van der Waals surface area contributed by atoms with Crippen LogP contribution in [0.15, 0.2) is 41.9 Å². The second kappa shape index (κ2) is 8.69. The molecule has 5 nitrogen and oxygen atoms in total. The summed E-state index contributed by atoms with van der Waals surface area (Å²) in [5.41, 5.74) is 2.20. The van der Waals surface area contributed by atoms with E-state index in [1.165, 1.54) is 37.8 Å². The third kappa shape index (κ3) is 4.77. The largest absolute Gasteiger partial charge is 0.348 e. The van der Waals surface area contributed by atoms with E-state index in [0.717, 1.165) is 41.6 Å². The van der Waals surface area contributed by atoms with Crippen molar-refractivity contribution in [1.29, 1.82) is 0 Å². The van der Waals surface area contributed by atoms with E-state index >= 15 is 0 Å². The summed E-state index contributed by atoms with van der Waals surface area (Å²) >= 11 is 1.87. The fourth-order valence-corrected chi connectivity index (χ4v) is 4.83. The first-order valence-corrected chi connectivity index (χ1v) is 10.5. The predicted molar refractivity (Wildman–Crippen MR) is 104 cm³/mol. The maximum absolute atomic E-state index is 13.2. The molecule has 0 spiro atoms. The number of thioether (sulfide) groups is 1. The van der Waals surface area contributed by atoms with Crippen LogP contribution in [0.2, 0.25) is 0 Å². The van der Waals surface area contributed by atoms with Gasteiger partial charge in [-0.1, -0.05) is 36.7 Å². The third-order valence-electron chi connectivity index (χ3n) is 5.03. The van der Waals surface area contributed by atoms with Crippen molar-refractivity contribution < 1.29 is 4.39 Å². The minimum absolute atomic E-state index is 0.211. The Morgan fingerprint density at radius 2 is 1.96 bits per heavy atom. The lowest BCUT2D eigenvalue weighted by Gasteiger charge is -2.12. The Hall–Kier alpha value is -2.15. The third-order valence-corrected chi connectivity index (χ3v) is 6.34. The van der Waals surface area contributed by atoms with Crippen LogP contribution in [0.3, 0.4) is 0 Å². The van der Waals surface area contributed by atoms with Crippen LogP contribution in [0.4, 0.5) is 4.39 Å². The minimum Gasteiger partial charge on any atom is -0.348 e. The SMILES string of the molecule is Fc1ccc(Cc2nnc(SC3CCCC3)n2CCCc2cnc[nH]2)cc1. The van der Waals surface area contributed by atoms with E-state index in [2.05, 4.69) is 24.7 Å². The number of hydrogen-bond donors (Lipinski definition) is 1. The van der Waals surface area contributed by atoms with Gasteiger partial charge in [-0.2, -0.15) is 0 Å². The standard InChI is InChI=1S/C20H24FN5S/c21-16-9-7-15(8-10-16)12-19-24-25-20(27-18-5-1-2-6-18)26(19)11-3-4-17-13-22-14-23-17/h7-10,13-14,18H,1-6,11-12H2,(H,22,23). The molecule has 4 rings (SSSR count). The van der Waals surface area contributed by atoms with Crippen LogP contribution in [0.25, 0.3) is 0 Å². The second-order valence-electron chi connectivity index (χ2n) is 7.06. The Morgan fingerprint density at radius 3 is 2.70 bits per heavy atom. The summed E-state index contributed by atoms with van der Waals surface area (Å²) in [5, 5.41) is 10.6. The molecule has 0 aliphatic heterocycles. The number of H-pyrrole nitrogens is 1. The number of aromatic amines is 1. The lowest BCUT2D eigenvalue weighted by molar-refractivity contribution is 0.571. The molecule has 1 aliphatic carbocycles. The zero-order valence-corrected chi connectivity index (χ0v) is 16.1. The molecule has 1 aliphatic rings. The lowest BCUT2D eigenvalue weighted by atomic mass is 10.1. The smallest absolute Gasteiger partial charge is 0.191 e. The summed E-state index contributed by atoms with van der Waals surface area (Å²) in [6.45, 7) is 0.873. The van der Waals surface area contributed by atoms with Crippen LogP contribution < -0.4 is 0 Å². The van der Waals surface area contributed by atoms with Gasteiger partial charge >= 0.3 is 0 Å². The Balaban J connectivity index is 1.49. The number of rotatable bonds is 8. The molecule has 7 heteroatoms. The minimum atomic E-state index is -0.211. The highest BCUT2D eigenvalue weighted by Crippen LogP contribution is 2.34. The molecule has 1 N–H and O–H groups in total. The molecule has 0 unspecified atom stereocenters. The summed E-state index contributed by atoms with van der Waals surface area (Å²) in [4.78, 5) is 7.24. The molecule has 2 aromatic heterocycles. The maximum Gasteiger partial charge on any atom is 0.191 e. The van der Waals surface area contributed by atoms with E-state index in [4.69, 9.17) is 0 Å². The zero-order chi connectivity index (χ0) is 18.5. The summed E-state index contributed by atoms with van der Waals surface area (Å²) in [6, 6.07) is 6.65. The number of nitrogens with one attached hydrogen (secondary N) is 1. The van der Waals surface area contributed by atoms with Gasteiger partial charge in [0.1, 0.15) is 11.6 Å². The van der Waals surface area contributed by atoms with Gasteiger partial charge in [0.2, 0.25) is 0 Å². The van der Waals surface area contributed by atoms with Crippen molar-refractivity contribution in [3.05, 3.63) is 59.7 Å². The van der Waals surface area contributed by atoms with Gasteiger partial charge in [-0.25, -0.2) is 9.37 Å². The van der Waals surface area contributed by atoms with Gasteiger partial charge < -0.3 is 9.55 Å². The van der Waals surface area contributed by atoms with Crippen LogP contribution in [0.1, 0.15) is 49.2 Å².